The first kappa shape index (κ1) is 10.6. The number of carbonyl (C=O) groups excluding carboxylic acids is 1. The van der Waals surface area contributed by atoms with Crippen LogP contribution < -0.4 is 4.74 Å². The van der Waals surface area contributed by atoms with Crippen LogP contribution >= 0.6 is 0 Å². The van der Waals surface area contributed by atoms with Gasteiger partial charge in [-0.15, -0.1) is 0 Å². The van der Waals surface area contributed by atoms with E-state index in [1.807, 2.05) is 32.0 Å². The molecular weight excluding hydrogens is 202 g/mol. The summed E-state index contributed by atoms with van der Waals surface area (Å²) in [5.74, 6) is 0.604. The molecule has 3 heteroatoms. The van der Waals surface area contributed by atoms with Gasteiger partial charge < -0.3 is 4.74 Å². The number of rotatable bonds is 2. The van der Waals surface area contributed by atoms with E-state index in [0.717, 1.165) is 28.3 Å². The molecule has 16 heavy (non-hydrogen) atoms. The van der Waals surface area contributed by atoms with Crippen LogP contribution in [0.5, 0.6) is 5.88 Å². The molecular formula is C13H13NO2. The zero-order valence-electron chi connectivity index (χ0n) is 9.57. The predicted molar refractivity (Wildman–Crippen MR) is 63.2 cm³/mol. The zero-order valence-corrected chi connectivity index (χ0v) is 9.57. The van der Waals surface area contributed by atoms with E-state index < -0.39 is 0 Å². The number of pyridine rings is 1. The normalized spacial score (nSPS) is 10.4. The molecule has 0 bridgehead atoms. The van der Waals surface area contributed by atoms with Crippen LogP contribution in [-0.4, -0.2) is 18.4 Å². The second-order valence-corrected chi connectivity index (χ2v) is 3.83. The number of aldehydes is 1. The van der Waals surface area contributed by atoms with E-state index >= 15 is 0 Å². The molecule has 1 aromatic carbocycles. The number of fused-ring (bicyclic) bond motifs is 1. The summed E-state index contributed by atoms with van der Waals surface area (Å²) in [6, 6.07) is 5.56. The van der Waals surface area contributed by atoms with Crippen molar-refractivity contribution in [2.24, 2.45) is 0 Å². The number of nitrogens with zero attached hydrogens (tertiary/aromatic N) is 1. The molecule has 0 atom stereocenters. The van der Waals surface area contributed by atoms with Gasteiger partial charge in [0, 0.05) is 17.0 Å². The molecule has 0 aliphatic rings. The van der Waals surface area contributed by atoms with Crippen LogP contribution in [0, 0.1) is 13.8 Å². The highest BCUT2D eigenvalue weighted by atomic mass is 16.5. The van der Waals surface area contributed by atoms with E-state index in [1.165, 1.54) is 0 Å². The van der Waals surface area contributed by atoms with E-state index in [9.17, 15) is 4.79 Å². The predicted octanol–water partition coefficient (Wildman–Crippen LogP) is 2.67. The third-order valence-electron chi connectivity index (χ3n) is 2.65. The number of aromatic nitrogens is 1. The Kier molecular flexibility index (Phi) is 2.60. The molecule has 0 fully saturated rings. The van der Waals surface area contributed by atoms with Crippen LogP contribution in [0.4, 0.5) is 0 Å². The van der Waals surface area contributed by atoms with Gasteiger partial charge >= 0.3 is 0 Å². The fraction of sp³-hybridized carbons (Fsp3) is 0.231. The Morgan fingerprint density at radius 2 is 1.94 bits per heavy atom. The van der Waals surface area contributed by atoms with Crippen LogP contribution in [0.2, 0.25) is 0 Å². The minimum Gasteiger partial charge on any atom is -0.481 e. The average molecular weight is 215 g/mol. The lowest BCUT2D eigenvalue weighted by Gasteiger charge is -2.08. The summed E-state index contributed by atoms with van der Waals surface area (Å²) in [5, 5.41) is 1.00. The van der Waals surface area contributed by atoms with Crippen molar-refractivity contribution >= 4 is 17.2 Å². The monoisotopic (exact) mass is 215 g/mol. The van der Waals surface area contributed by atoms with Gasteiger partial charge in [0.2, 0.25) is 5.88 Å². The number of carbonyl (C=O) groups is 1. The quantitative estimate of drug-likeness (QED) is 0.723. The maximum atomic E-state index is 10.8. The van der Waals surface area contributed by atoms with Crippen LogP contribution in [0.25, 0.3) is 10.9 Å². The molecule has 2 rings (SSSR count). The molecule has 1 aromatic heterocycles. The lowest BCUT2D eigenvalue weighted by atomic mass is 10.0. The lowest BCUT2D eigenvalue weighted by molar-refractivity contribution is 0.112. The lowest BCUT2D eigenvalue weighted by Crippen LogP contribution is -1.94. The smallest absolute Gasteiger partial charge is 0.213 e. The van der Waals surface area contributed by atoms with Crippen molar-refractivity contribution in [2.75, 3.05) is 7.11 Å². The number of benzene rings is 1. The van der Waals surface area contributed by atoms with Crippen molar-refractivity contribution in [2.45, 2.75) is 13.8 Å². The number of hydrogen-bond acceptors (Lipinski definition) is 3. The van der Waals surface area contributed by atoms with E-state index in [2.05, 4.69) is 4.98 Å². The standard InChI is InChI=1S/C13H13NO2/c1-8-5-12(16-3)14-13-9(2)4-10(7-15)6-11(8)13/h4-7H,1-3H3. The Morgan fingerprint density at radius 1 is 1.19 bits per heavy atom. The highest BCUT2D eigenvalue weighted by Gasteiger charge is 2.07. The van der Waals surface area contributed by atoms with Crippen molar-refractivity contribution < 1.29 is 9.53 Å². The third-order valence-corrected chi connectivity index (χ3v) is 2.65. The zero-order chi connectivity index (χ0) is 11.7. The van der Waals surface area contributed by atoms with Crippen LogP contribution in [-0.2, 0) is 0 Å². The first-order chi connectivity index (χ1) is 7.65. The fourth-order valence-corrected chi connectivity index (χ4v) is 1.83. The van der Waals surface area contributed by atoms with Gasteiger partial charge in [0.05, 0.1) is 12.6 Å². The van der Waals surface area contributed by atoms with E-state index in [0.29, 0.717) is 11.4 Å². The number of methoxy groups -OCH3 is 1. The van der Waals surface area contributed by atoms with Gasteiger partial charge in [-0.05, 0) is 37.1 Å². The summed E-state index contributed by atoms with van der Waals surface area (Å²) in [6.45, 7) is 3.93. The molecule has 3 nitrogen and oxygen atoms in total. The highest BCUT2D eigenvalue weighted by molar-refractivity contribution is 5.91. The van der Waals surface area contributed by atoms with Crippen LogP contribution in [0.1, 0.15) is 21.5 Å². The van der Waals surface area contributed by atoms with E-state index in [-0.39, 0.29) is 0 Å². The average Bonchev–Trinajstić information content (AvgIpc) is 2.29. The summed E-state index contributed by atoms with van der Waals surface area (Å²) >= 11 is 0. The molecule has 1 heterocycles. The topological polar surface area (TPSA) is 39.2 Å². The highest BCUT2D eigenvalue weighted by Crippen LogP contribution is 2.24. The first-order valence-electron chi connectivity index (χ1n) is 5.07. The van der Waals surface area contributed by atoms with E-state index in [4.69, 9.17) is 4.74 Å². The summed E-state index contributed by atoms with van der Waals surface area (Å²) in [5.41, 5.74) is 3.62. The SMILES string of the molecule is COc1cc(C)c2cc(C=O)cc(C)c2n1. The van der Waals surface area contributed by atoms with Crippen molar-refractivity contribution in [3.63, 3.8) is 0 Å². The molecule has 0 unspecified atom stereocenters. The maximum Gasteiger partial charge on any atom is 0.213 e. The van der Waals surface area contributed by atoms with Gasteiger partial charge in [0.1, 0.15) is 6.29 Å². The van der Waals surface area contributed by atoms with Crippen molar-refractivity contribution in [1.82, 2.24) is 4.98 Å². The molecule has 0 spiro atoms. The molecule has 0 saturated carbocycles. The van der Waals surface area contributed by atoms with Crippen molar-refractivity contribution in [3.05, 3.63) is 34.9 Å². The molecule has 0 saturated heterocycles. The van der Waals surface area contributed by atoms with Gasteiger partial charge in [-0.2, -0.15) is 0 Å². The minimum atomic E-state index is 0.604. The Morgan fingerprint density at radius 3 is 2.56 bits per heavy atom. The van der Waals surface area contributed by atoms with Gasteiger partial charge in [-0.25, -0.2) is 4.98 Å². The van der Waals surface area contributed by atoms with Crippen molar-refractivity contribution in [3.8, 4) is 5.88 Å². The largest absolute Gasteiger partial charge is 0.481 e. The van der Waals surface area contributed by atoms with Gasteiger partial charge in [0.15, 0.2) is 0 Å². The second-order valence-electron chi connectivity index (χ2n) is 3.83. The summed E-state index contributed by atoms with van der Waals surface area (Å²) in [7, 11) is 1.60. The van der Waals surface area contributed by atoms with Gasteiger partial charge in [-0.1, -0.05) is 0 Å². The molecule has 0 N–H and O–H groups in total. The van der Waals surface area contributed by atoms with E-state index in [1.54, 1.807) is 7.11 Å². The molecule has 2 aromatic rings. The van der Waals surface area contributed by atoms with Gasteiger partial charge in [0.25, 0.3) is 0 Å². The molecule has 82 valence electrons. The third kappa shape index (κ3) is 1.65. The Balaban J connectivity index is 2.83. The summed E-state index contributed by atoms with van der Waals surface area (Å²) in [4.78, 5) is 15.2. The number of ether oxygens (including phenoxy) is 1. The first-order valence-corrected chi connectivity index (χ1v) is 5.07. The minimum absolute atomic E-state index is 0.604. The van der Waals surface area contributed by atoms with Crippen LogP contribution in [0.15, 0.2) is 18.2 Å². The number of aryl methyl sites for hydroxylation is 2. The summed E-state index contributed by atoms with van der Waals surface area (Å²) in [6.07, 6.45) is 0.857. The number of hydrogen-bond donors (Lipinski definition) is 0. The van der Waals surface area contributed by atoms with Gasteiger partial charge in [-0.3, -0.25) is 4.79 Å². The van der Waals surface area contributed by atoms with Crippen molar-refractivity contribution in [1.29, 1.82) is 0 Å². The molecule has 0 aliphatic carbocycles. The fourth-order valence-electron chi connectivity index (χ4n) is 1.83. The molecule has 0 amide bonds. The molecule has 0 aliphatic heterocycles. The summed E-state index contributed by atoms with van der Waals surface area (Å²) < 4.78 is 5.13. The molecule has 0 radical (unpaired) electrons. The van der Waals surface area contributed by atoms with Crippen LogP contribution in [0.3, 0.4) is 0 Å². The maximum absolute atomic E-state index is 10.8. The Labute approximate surface area is 94.1 Å². The second kappa shape index (κ2) is 3.93. The Hall–Kier alpha value is -1.90. The Bertz CT molecular complexity index is 561.